The van der Waals surface area contributed by atoms with Crippen LogP contribution in [0, 0.1) is 0 Å². The number of hydrogen-bond acceptors (Lipinski definition) is 2. The average molecular weight is 168 g/mol. The summed E-state index contributed by atoms with van der Waals surface area (Å²) in [5, 5.41) is 0. The molecule has 0 N–H and O–H groups in total. The van der Waals surface area contributed by atoms with Crippen LogP contribution in [-0.4, -0.2) is 12.1 Å². The molecule has 0 aromatic carbocycles. The second-order valence-electron chi connectivity index (χ2n) is 3.11. The third-order valence-electron chi connectivity index (χ3n) is 2.03. The van der Waals surface area contributed by atoms with E-state index >= 15 is 0 Å². The summed E-state index contributed by atoms with van der Waals surface area (Å²) in [7, 11) is 0. The van der Waals surface area contributed by atoms with Crippen molar-refractivity contribution in [2.24, 2.45) is 0 Å². The Morgan fingerprint density at radius 3 is 3.00 bits per heavy atom. The predicted octanol–water partition coefficient (Wildman–Crippen LogP) is 2.44. The highest BCUT2D eigenvalue weighted by Crippen LogP contribution is 2.18. The summed E-state index contributed by atoms with van der Waals surface area (Å²) < 4.78 is 5.07. The maximum Gasteiger partial charge on any atom is 0.306 e. The van der Waals surface area contributed by atoms with Crippen LogP contribution in [0.5, 0.6) is 0 Å². The van der Waals surface area contributed by atoms with E-state index in [4.69, 9.17) is 4.74 Å². The van der Waals surface area contributed by atoms with E-state index < -0.39 is 0 Å². The standard InChI is InChI=1S/C10H16O2/c1-2-3-4-5-6-9-7-8-10(11)12-9/h3-4,9H,2,5-8H2,1H3/b4-3-. The zero-order chi connectivity index (χ0) is 8.81. The highest BCUT2D eigenvalue weighted by molar-refractivity contribution is 5.71. The van der Waals surface area contributed by atoms with Crippen molar-refractivity contribution in [2.75, 3.05) is 0 Å². The van der Waals surface area contributed by atoms with Gasteiger partial charge in [0.05, 0.1) is 0 Å². The smallest absolute Gasteiger partial charge is 0.306 e. The van der Waals surface area contributed by atoms with E-state index in [1.54, 1.807) is 0 Å². The minimum atomic E-state index is -0.0283. The van der Waals surface area contributed by atoms with Gasteiger partial charge in [-0.2, -0.15) is 0 Å². The lowest BCUT2D eigenvalue weighted by Crippen LogP contribution is -2.05. The molecule has 0 bridgehead atoms. The Labute approximate surface area is 73.6 Å². The maximum absolute atomic E-state index is 10.7. The Hall–Kier alpha value is -0.790. The second kappa shape index (κ2) is 4.96. The highest BCUT2D eigenvalue weighted by atomic mass is 16.5. The Morgan fingerprint density at radius 2 is 2.42 bits per heavy atom. The molecule has 1 unspecified atom stereocenters. The molecule has 12 heavy (non-hydrogen) atoms. The number of allylic oxidation sites excluding steroid dienone is 2. The summed E-state index contributed by atoms with van der Waals surface area (Å²) in [5.74, 6) is -0.0283. The van der Waals surface area contributed by atoms with Crippen molar-refractivity contribution in [1.82, 2.24) is 0 Å². The molecule has 1 aliphatic heterocycles. The van der Waals surface area contributed by atoms with Gasteiger partial charge in [-0.05, 0) is 25.7 Å². The van der Waals surface area contributed by atoms with Gasteiger partial charge in [-0.3, -0.25) is 4.79 Å². The molecule has 0 spiro atoms. The van der Waals surface area contributed by atoms with Gasteiger partial charge in [0, 0.05) is 6.42 Å². The molecule has 0 aromatic rings. The molecular formula is C10H16O2. The van der Waals surface area contributed by atoms with E-state index in [9.17, 15) is 4.79 Å². The lowest BCUT2D eigenvalue weighted by atomic mass is 10.1. The topological polar surface area (TPSA) is 26.3 Å². The molecule has 0 aromatic heterocycles. The molecule has 1 heterocycles. The first kappa shape index (κ1) is 9.30. The number of carbonyl (C=O) groups is 1. The van der Waals surface area contributed by atoms with Gasteiger partial charge in [0.25, 0.3) is 0 Å². The zero-order valence-corrected chi connectivity index (χ0v) is 7.58. The van der Waals surface area contributed by atoms with E-state index in [1.807, 2.05) is 0 Å². The van der Waals surface area contributed by atoms with Crippen LogP contribution >= 0.6 is 0 Å². The fraction of sp³-hybridized carbons (Fsp3) is 0.700. The van der Waals surface area contributed by atoms with Gasteiger partial charge >= 0.3 is 5.97 Å². The van der Waals surface area contributed by atoms with Gasteiger partial charge in [-0.1, -0.05) is 19.1 Å². The molecule has 1 atom stereocenters. The molecule has 0 radical (unpaired) electrons. The number of carbonyl (C=O) groups excluding carboxylic acids is 1. The van der Waals surface area contributed by atoms with Crippen molar-refractivity contribution in [3.63, 3.8) is 0 Å². The van der Waals surface area contributed by atoms with Gasteiger partial charge in [0.2, 0.25) is 0 Å². The molecular weight excluding hydrogens is 152 g/mol. The average Bonchev–Trinajstić information content (AvgIpc) is 2.45. The summed E-state index contributed by atoms with van der Waals surface area (Å²) in [4.78, 5) is 10.7. The molecule has 0 aliphatic carbocycles. The van der Waals surface area contributed by atoms with Crippen LogP contribution in [0.1, 0.15) is 39.0 Å². The molecule has 1 rings (SSSR count). The molecule has 0 saturated carbocycles. The lowest BCUT2D eigenvalue weighted by Gasteiger charge is -2.05. The number of cyclic esters (lactones) is 1. The molecule has 2 nitrogen and oxygen atoms in total. The summed E-state index contributed by atoms with van der Waals surface area (Å²) >= 11 is 0. The van der Waals surface area contributed by atoms with Crippen molar-refractivity contribution in [3.8, 4) is 0 Å². The maximum atomic E-state index is 10.7. The lowest BCUT2D eigenvalue weighted by molar-refractivity contribution is -0.141. The fourth-order valence-corrected chi connectivity index (χ4v) is 1.35. The van der Waals surface area contributed by atoms with Crippen LogP contribution in [0.3, 0.4) is 0 Å². The largest absolute Gasteiger partial charge is 0.462 e. The highest BCUT2D eigenvalue weighted by Gasteiger charge is 2.21. The first-order valence-corrected chi connectivity index (χ1v) is 4.67. The number of ether oxygens (including phenoxy) is 1. The van der Waals surface area contributed by atoms with Gasteiger partial charge in [-0.25, -0.2) is 0 Å². The number of rotatable bonds is 4. The van der Waals surface area contributed by atoms with Crippen LogP contribution in [-0.2, 0) is 9.53 Å². The van der Waals surface area contributed by atoms with Crippen molar-refractivity contribution < 1.29 is 9.53 Å². The summed E-state index contributed by atoms with van der Waals surface area (Å²) in [6.45, 7) is 2.12. The number of esters is 1. The van der Waals surface area contributed by atoms with E-state index in [2.05, 4.69) is 19.1 Å². The van der Waals surface area contributed by atoms with Gasteiger partial charge in [0.15, 0.2) is 0 Å². The molecule has 0 amide bonds. The van der Waals surface area contributed by atoms with Gasteiger partial charge in [0.1, 0.15) is 6.10 Å². The van der Waals surface area contributed by atoms with Crippen LogP contribution < -0.4 is 0 Å². The second-order valence-corrected chi connectivity index (χ2v) is 3.11. The summed E-state index contributed by atoms with van der Waals surface area (Å²) in [6.07, 6.45) is 9.14. The van der Waals surface area contributed by atoms with Gasteiger partial charge in [-0.15, -0.1) is 0 Å². The van der Waals surface area contributed by atoms with E-state index in [-0.39, 0.29) is 12.1 Å². The third-order valence-corrected chi connectivity index (χ3v) is 2.03. The fourth-order valence-electron chi connectivity index (χ4n) is 1.35. The Kier molecular flexibility index (Phi) is 3.85. The van der Waals surface area contributed by atoms with E-state index in [1.165, 1.54) is 0 Å². The van der Waals surface area contributed by atoms with Crippen molar-refractivity contribution in [3.05, 3.63) is 12.2 Å². The van der Waals surface area contributed by atoms with Crippen LogP contribution in [0.4, 0.5) is 0 Å². The minimum absolute atomic E-state index is 0.0283. The van der Waals surface area contributed by atoms with Crippen LogP contribution in [0.2, 0.25) is 0 Å². The predicted molar refractivity (Wildman–Crippen MR) is 47.8 cm³/mol. The molecule has 1 fully saturated rings. The molecule has 68 valence electrons. The number of hydrogen-bond donors (Lipinski definition) is 0. The Morgan fingerprint density at radius 1 is 1.58 bits per heavy atom. The van der Waals surface area contributed by atoms with Gasteiger partial charge < -0.3 is 4.74 Å². The molecule has 1 saturated heterocycles. The zero-order valence-electron chi connectivity index (χ0n) is 7.58. The van der Waals surface area contributed by atoms with E-state index in [0.717, 1.165) is 25.7 Å². The van der Waals surface area contributed by atoms with Crippen LogP contribution in [0.15, 0.2) is 12.2 Å². The SMILES string of the molecule is CC/C=C\CCC1CCC(=O)O1. The summed E-state index contributed by atoms with van der Waals surface area (Å²) in [5.41, 5.74) is 0. The molecule has 1 aliphatic rings. The molecule has 2 heteroatoms. The first-order valence-electron chi connectivity index (χ1n) is 4.67. The quantitative estimate of drug-likeness (QED) is 0.476. The van der Waals surface area contributed by atoms with Crippen molar-refractivity contribution in [2.45, 2.75) is 45.1 Å². The van der Waals surface area contributed by atoms with Crippen molar-refractivity contribution in [1.29, 1.82) is 0 Å². The Balaban J connectivity index is 2.08. The minimum Gasteiger partial charge on any atom is -0.462 e. The Bertz CT molecular complexity index is 173. The monoisotopic (exact) mass is 168 g/mol. The van der Waals surface area contributed by atoms with E-state index in [0.29, 0.717) is 6.42 Å². The van der Waals surface area contributed by atoms with Crippen molar-refractivity contribution >= 4 is 5.97 Å². The van der Waals surface area contributed by atoms with Crippen LogP contribution in [0.25, 0.3) is 0 Å². The summed E-state index contributed by atoms with van der Waals surface area (Å²) in [6, 6.07) is 0. The first-order chi connectivity index (χ1) is 5.83. The third kappa shape index (κ3) is 3.07. The normalized spacial score (nSPS) is 23.4.